The molecular weight excluding hydrogens is 496 g/mol. The molecule has 0 amide bonds. The summed E-state index contributed by atoms with van der Waals surface area (Å²) in [6.07, 6.45) is 9.88. The van der Waals surface area contributed by atoms with Gasteiger partial charge in [0.2, 0.25) is 0 Å². The number of piperidine rings is 1. The molecule has 6 heteroatoms. The first-order chi connectivity index (χ1) is 19.6. The predicted octanol–water partition coefficient (Wildman–Crippen LogP) is 6.15. The lowest BCUT2D eigenvalue weighted by molar-refractivity contribution is -0.145. The van der Waals surface area contributed by atoms with Gasteiger partial charge in [-0.25, -0.2) is 4.98 Å². The highest BCUT2D eigenvalue weighted by Gasteiger charge is 2.43. The van der Waals surface area contributed by atoms with Crippen molar-refractivity contribution in [1.82, 2.24) is 19.4 Å². The van der Waals surface area contributed by atoms with Crippen molar-refractivity contribution in [3.8, 4) is 0 Å². The van der Waals surface area contributed by atoms with Crippen LogP contribution in [0.4, 0.5) is 0 Å². The van der Waals surface area contributed by atoms with Gasteiger partial charge >= 0.3 is 5.97 Å². The van der Waals surface area contributed by atoms with Crippen LogP contribution >= 0.6 is 0 Å². The SMILES string of the molecule is C=CCn1c(C2CCN(C[C@H]3CN([C@@H](C(=O)O)C4CCCCC4)C[C@@H]3c3ccccc3)CC2)nc2ccccc21. The predicted molar refractivity (Wildman–Crippen MR) is 161 cm³/mol. The van der Waals surface area contributed by atoms with Crippen LogP contribution in [0.1, 0.15) is 68.2 Å². The van der Waals surface area contributed by atoms with Gasteiger partial charge in [-0.05, 0) is 68.3 Å². The number of rotatable bonds is 9. The van der Waals surface area contributed by atoms with Crippen LogP contribution in [0.5, 0.6) is 0 Å². The molecule has 3 heterocycles. The van der Waals surface area contributed by atoms with Crippen molar-refractivity contribution in [1.29, 1.82) is 0 Å². The second kappa shape index (κ2) is 12.3. The summed E-state index contributed by atoms with van der Waals surface area (Å²) in [5.41, 5.74) is 3.63. The lowest BCUT2D eigenvalue weighted by atomic mass is 9.83. The van der Waals surface area contributed by atoms with Gasteiger partial charge in [-0.2, -0.15) is 0 Å². The van der Waals surface area contributed by atoms with E-state index in [4.69, 9.17) is 4.98 Å². The van der Waals surface area contributed by atoms with Gasteiger partial charge in [-0.1, -0.05) is 67.8 Å². The minimum Gasteiger partial charge on any atom is -0.480 e. The van der Waals surface area contributed by atoms with Crippen LogP contribution in [0.3, 0.4) is 0 Å². The smallest absolute Gasteiger partial charge is 0.321 e. The van der Waals surface area contributed by atoms with Crippen molar-refractivity contribution in [2.75, 3.05) is 32.7 Å². The van der Waals surface area contributed by atoms with E-state index in [2.05, 4.69) is 75.5 Å². The molecule has 3 aromatic rings. The first-order valence-electron chi connectivity index (χ1n) is 15.4. The maximum absolute atomic E-state index is 12.6. The number of hydrogen-bond donors (Lipinski definition) is 1. The molecule has 3 fully saturated rings. The second-order valence-electron chi connectivity index (χ2n) is 12.3. The van der Waals surface area contributed by atoms with E-state index in [-0.39, 0.29) is 12.0 Å². The number of nitrogens with zero attached hydrogens (tertiary/aromatic N) is 4. The summed E-state index contributed by atoms with van der Waals surface area (Å²) in [7, 11) is 0. The number of imidazole rings is 1. The van der Waals surface area contributed by atoms with Crippen molar-refractivity contribution in [2.24, 2.45) is 11.8 Å². The number of aromatic nitrogens is 2. The van der Waals surface area contributed by atoms with Gasteiger partial charge in [0.1, 0.15) is 11.9 Å². The Morgan fingerprint density at radius 1 is 0.975 bits per heavy atom. The van der Waals surface area contributed by atoms with Gasteiger partial charge in [0, 0.05) is 38.0 Å². The fourth-order valence-corrected chi connectivity index (χ4v) is 7.93. The molecule has 6 rings (SSSR count). The normalized spacial score (nSPS) is 24.4. The number of carboxylic acids is 1. The lowest BCUT2D eigenvalue weighted by Gasteiger charge is -2.35. The molecule has 3 aliphatic rings. The highest BCUT2D eigenvalue weighted by atomic mass is 16.4. The molecule has 0 radical (unpaired) electrons. The Morgan fingerprint density at radius 2 is 1.70 bits per heavy atom. The highest BCUT2D eigenvalue weighted by Crippen LogP contribution is 2.39. The van der Waals surface area contributed by atoms with Crippen molar-refractivity contribution in [2.45, 2.75) is 69.4 Å². The first-order valence-corrected chi connectivity index (χ1v) is 15.4. The van der Waals surface area contributed by atoms with Gasteiger partial charge in [0.25, 0.3) is 0 Å². The summed E-state index contributed by atoms with van der Waals surface area (Å²) >= 11 is 0. The average Bonchev–Trinajstić information content (AvgIpc) is 3.56. The standard InChI is InChI=1S/C34H44N4O2/c1-2-19-38-31-16-10-9-15-30(31)35-33(38)27-17-20-36(21-18-27)22-28-23-37(24-29(28)25-11-5-3-6-12-25)32(34(39)40)26-13-7-4-8-14-26/h2-3,5-6,9-12,15-16,26-29,32H,1,4,7-8,13-14,17-24H2,(H,39,40)/t28-,29+,32+/m0/s1. The summed E-state index contributed by atoms with van der Waals surface area (Å²) < 4.78 is 2.35. The number of fused-ring (bicyclic) bond motifs is 1. The van der Waals surface area contributed by atoms with E-state index in [0.29, 0.717) is 17.8 Å². The summed E-state index contributed by atoms with van der Waals surface area (Å²) in [5, 5.41) is 10.3. The van der Waals surface area contributed by atoms with E-state index in [1.54, 1.807) is 0 Å². The number of benzene rings is 2. The van der Waals surface area contributed by atoms with Gasteiger partial charge in [-0.15, -0.1) is 6.58 Å². The lowest BCUT2D eigenvalue weighted by Crippen LogP contribution is -2.46. The number of likely N-dealkylation sites (tertiary alicyclic amines) is 2. The van der Waals surface area contributed by atoms with Gasteiger partial charge < -0.3 is 14.6 Å². The Bertz CT molecular complexity index is 1290. The number of carboxylic acid groups (broad SMARTS) is 1. The Hall–Kier alpha value is -2.96. The van der Waals surface area contributed by atoms with Crippen LogP contribution in [0, 0.1) is 11.8 Å². The van der Waals surface area contributed by atoms with E-state index in [9.17, 15) is 9.90 Å². The van der Waals surface area contributed by atoms with E-state index < -0.39 is 5.97 Å². The third-order valence-electron chi connectivity index (χ3n) is 9.88. The van der Waals surface area contributed by atoms with Crippen LogP contribution in [0.2, 0.25) is 0 Å². The van der Waals surface area contributed by atoms with Gasteiger partial charge in [-0.3, -0.25) is 9.69 Å². The Kier molecular flexibility index (Phi) is 8.35. The molecule has 40 heavy (non-hydrogen) atoms. The highest BCUT2D eigenvalue weighted by molar-refractivity contribution is 5.76. The minimum atomic E-state index is -0.623. The van der Waals surface area contributed by atoms with E-state index in [1.165, 1.54) is 36.2 Å². The number of para-hydroxylation sites is 2. The van der Waals surface area contributed by atoms with Gasteiger partial charge in [0.15, 0.2) is 0 Å². The molecule has 2 aliphatic heterocycles. The zero-order valence-corrected chi connectivity index (χ0v) is 23.7. The Morgan fingerprint density at radius 3 is 2.42 bits per heavy atom. The summed E-state index contributed by atoms with van der Waals surface area (Å²) in [4.78, 5) is 22.6. The molecular formula is C34H44N4O2. The van der Waals surface area contributed by atoms with Crippen LogP contribution in [-0.4, -0.2) is 69.2 Å². The number of hydrogen-bond acceptors (Lipinski definition) is 4. The topological polar surface area (TPSA) is 61.6 Å². The van der Waals surface area contributed by atoms with Crippen molar-refractivity contribution < 1.29 is 9.90 Å². The maximum Gasteiger partial charge on any atom is 0.321 e. The number of carbonyl (C=O) groups is 1. The third kappa shape index (κ3) is 5.61. The molecule has 3 atom stereocenters. The molecule has 0 bridgehead atoms. The number of aliphatic carboxylic acids is 1. The average molecular weight is 541 g/mol. The molecule has 1 N–H and O–H groups in total. The maximum atomic E-state index is 12.6. The van der Waals surface area contributed by atoms with E-state index >= 15 is 0 Å². The summed E-state index contributed by atoms with van der Waals surface area (Å²) in [6.45, 7) is 9.66. The van der Waals surface area contributed by atoms with Crippen molar-refractivity contribution in [3.05, 3.63) is 78.6 Å². The fraction of sp³-hybridized carbons (Fsp3) is 0.529. The minimum absolute atomic E-state index is 0.284. The van der Waals surface area contributed by atoms with Crippen molar-refractivity contribution in [3.63, 3.8) is 0 Å². The summed E-state index contributed by atoms with van der Waals surface area (Å²) in [6, 6.07) is 18.9. The largest absolute Gasteiger partial charge is 0.480 e. The number of allylic oxidation sites excluding steroid dienone is 1. The van der Waals surface area contributed by atoms with Crippen LogP contribution in [0.25, 0.3) is 11.0 Å². The third-order valence-corrected chi connectivity index (χ3v) is 9.88. The Balaban J connectivity index is 1.16. The molecule has 0 spiro atoms. The molecule has 0 unspecified atom stereocenters. The zero-order chi connectivity index (χ0) is 27.5. The Labute approximate surface area is 238 Å². The van der Waals surface area contributed by atoms with Crippen molar-refractivity contribution >= 4 is 17.0 Å². The quantitative estimate of drug-likeness (QED) is 0.330. The monoisotopic (exact) mass is 540 g/mol. The summed E-state index contributed by atoms with van der Waals surface area (Å²) in [5.74, 6) is 2.13. The van der Waals surface area contributed by atoms with Crippen LogP contribution < -0.4 is 0 Å². The molecule has 1 aromatic heterocycles. The fourth-order valence-electron chi connectivity index (χ4n) is 7.93. The second-order valence-corrected chi connectivity index (χ2v) is 12.3. The first kappa shape index (κ1) is 27.2. The molecule has 6 nitrogen and oxygen atoms in total. The molecule has 2 aromatic carbocycles. The van der Waals surface area contributed by atoms with Crippen LogP contribution in [-0.2, 0) is 11.3 Å². The zero-order valence-electron chi connectivity index (χ0n) is 23.7. The molecule has 1 aliphatic carbocycles. The molecule has 212 valence electrons. The van der Waals surface area contributed by atoms with Crippen LogP contribution in [0.15, 0.2) is 67.3 Å². The van der Waals surface area contributed by atoms with Gasteiger partial charge in [0.05, 0.1) is 11.0 Å². The van der Waals surface area contributed by atoms with E-state index in [1.807, 2.05) is 6.08 Å². The van der Waals surface area contributed by atoms with E-state index in [0.717, 1.165) is 70.5 Å². The molecule has 2 saturated heterocycles. The molecule has 1 saturated carbocycles.